The molecule has 28 heavy (non-hydrogen) atoms. The molecule has 2 aromatic rings. The maximum Gasteiger partial charge on any atom is 0.275 e. The van der Waals surface area contributed by atoms with E-state index < -0.39 is 0 Å². The van der Waals surface area contributed by atoms with E-state index >= 15 is 0 Å². The molecule has 7 nitrogen and oxygen atoms in total. The number of benzene rings is 1. The smallest absolute Gasteiger partial charge is 0.275 e. The normalized spacial score (nSPS) is 21.0. The average molecular weight is 383 g/mol. The van der Waals surface area contributed by atoms with Crippen molar-refractivity contribution in [3.8, 4) is 0 Å². The third-order valence-electron chi connectivity index (χ3n) is 5.73. The standard InChI is InChI=1S/C21H29N5O2/c1-15(2)13-26-20(27)18-6-4-3-5-17(18)19(23-26)21(28)25-10-7-16(14-25)24-11-8-22-9-12-24/h3-6,15-16,22H,7-14H2,1-2H3. The van der Waals surface area contributed by atoms with Crippen LogP contribution >= 0.6 is 0 Å². The van der Waals surface area contributed by atoms with Crippen molar-refractivity contribution >= 4 is 16.7 Å². The summed E-state index contributed by atoms with van der Waals surface area (Å²) in [4.78, 5) is 30.5. The third-order valence-corrected chi connectivity index (χ3v) is 5.73. The van der Waals surface area contributed by atoms with Gasteiger partial charge in [-0.05, 0) is 18.4 Å². The summed E-state index contributed by atoms with van der Waals surface area (Å²) in [5.41, 5.74) is 0.276. The molecule has 0 radical (unpaired) electrons. The largest absolute Gasteiger partial charge is 0.336 e. The van der Waals surface area contributed by atoms with E-state index in [0.29, 0.717) is 29.1 Å². The van der Waals surface area contributed by atoms with Gasteiger partial charge in [0, 0.05) is 57.2 Å². The maximum absolute atomic E-state index is 13.4. The number of hydrogen-bond donors (Lipinski definition) is 1. The van der Waals surface area contributed by atoms with Crippen molar-refractivity contribution in [3.63, 3.8) is 0 Å². The Balaban J connectivity index is 1.63. The lowest BCUT2D eigenvalue weighted by atomic mass is 10.1. The number of hydrogen-bond acceptors (Lipinski definition) is 5. The third kappa shape index (κ3) is 3.69. The van der Waals surface area contributed by atoms with E-state index in [9.17, 15) is 9.59 Å². The molecule has 1 aromatic heterocycles. The fourth-order valence-corrected chi connectivity index (χ4v) is 4.28. The molecule has 150 valence electrons. The van der Waals surface area contributed by atoms with Gasteiger partial charge >= 0.3 is 0 Å². The molecule has 1 amide bonds. The van der Waals surface area contributed by atoms with Gasteiger partial charge in [-0.25, -0.2) is 4.68 Å². The number of piperazine rings is 1. The molecular weight excluding hydrogens is 354 g/mol. The molecule has 0 bridgehead atoms. The summed E-state index contributed by atoms with van der Waals surface area (Å²) in [5.74, 6) is 0.213. The molecule has 2 aliphatic rings. The molecule has 7 heteroatoms. The van der Waals surface area contributed by atoms with Crippen molar-refractivity contribution in [2.75, 3.05) is 39.3 Å². The van der Waals surface area contributed by atoms with Gasteiger partial charge in [-0.2, -0.15) is 5.10 Å². The van der Waals surface area contributed by atoms with Gasteiger partial charge in [0.05, 0.1) is 5.39 Å². The topological polar surface area (TPSA) is 70.5 Å². The van der Waals surface area contributed by atoms with E-state index in [2.05, 4.69) is 15.3 Å². The van der Waals surface area contributed by atoms with Crippen LogP contribution in [0.3, 0.4) is 0 Å². The predicted molar refractivity (Wildman–Crippen MR) is 110 cm³/mol. The lowest BCUT2D eigenvalue weighted by Gasteiger charge is -2.32. The molecule has 1 unspecified atom stereocenters. The Bertz CT molecular complexity index is 917. The van der Waals surface area contributed by atoms with E-state index in [4.69, 9.17) is 0 Å². The van der Waals surface area contributed by atoms with Crippen LogP contribution in [-0.2, 0) is 6.54 Å². The van der Waals surface area contributed by atoms with Gasteiger partial charge in [-0.3, -0.25) is 14.5 Å². The van der Waals surface area contributed by atoms with Crippen LogP contribution in [0.25, 0.3) is 10.8 Å². The Morgan fingerprint density at radius 2 is 1.89 bits per heavy atom. The summed E-state index contributed by atoms with van der Waals surface area (Å²) < 4.78 is 1.46. The zero-order valence-electron chi connectivity index (χ0n) is 16.7. The predicted octanol–water partition coefficient (Wildman–Crippen LogP) is 1.17. The van der Waals surface area contributed by atoms with Crippen molar-refractivity contribution in [1.29, 1.82) is 0 Å². The van der Waals surface area contributed by atoms with Gasteiger partial charge in [0.25, 0.3) is 11.5 Å². The van der Waals surface area contributed by atoms with Gasteiger partial charge in [0.2, 0.25) is 0 Å². The fraction of sp³-hybridized carbons (Fsp3) is 0.571. The molecule has 3 heterocycles. The van der Waals surface area contributed by atoms with Crippen LogP contribution in [0, 0.1) is 5.92 Å². The second-order valence-corrected chi connectivity index (χ2v) is 8.25. The summed E-state index contributed by atoms with van der Waals surface area (Å²) in [6.45, 7) is 10.2. The summed E-state index contributed by atoms with van der Waals surface area (Å²) in [5, 5.41) is 9.12. The van der Waals surface area contributed by atoms with Crippen molar-refractivity contribution in [1.82, 2.24) is 24.9 Å². The number of amides is 1. The minimum absolute atomic E-state index is 0.0636. The molecule has 2 saturated heterocycles. The Kier molecular flexibility index (Phi) is 5.46. The number of likely N-dealkylation sites (tertiary alicyclic amines) is 1. The summed E-state index contributed by atoms with van der Waals surface area (Å²) in [7, 11) is 0. The second-order valence-electron chi connectivity index (χ2n) is 8.25. The molecule has 1 N–H and O–H groups in total. The first kappa shape index (κ1) is 19.1. The first-order chi connectivity index (χ1) is 13.5. The lowest BCUT2D eigenvalue weighted by molar-refractivity contribution is 0.0767. The van der Waals surface area contributed by atoms with Gasteiger partial charge in [-0.15, -0.1) is 0 Å². The lowest BCUT2D eigenvalue weighted by Crippen LogP contribution is -2.49. The van der Waals surface area contributed by atoms with Crippen LogP contribution in [0.15, 0.2) is 29.1 Å². The van der Waals surface area contributed by atoms with Crippen LogP contribution in [0.4, 0.5) is 0 Å². The van der Waals surface area contributed by atoms with E-state index in [-0.39, 0.29) is 17.4 Å². The van der Waals surface area contributed by atoms with E-state index in [0.717, 1.165) is 45.7 Å². The van der Waals surface area contributed by atoms with Crippen molar-refractivity contribution in [2.45, 2.75) is 32.9 Å². The highest BCUT2D eigenvalue weighted by Gasteiger charge is 2.33. The molecular formula is C21H29N5O2. The van der Waals surface area contributed by atoms with Gasteiger partial charge in [-0.1, -0.05) is 32.0 Å². The fourth-order valence-electron chi connectivity index (χ4n) is 4.28. The zero-order valence-corrected chi connectivity index (χ0v) is 16.7. The van der Waals surface area contributed by atoms with Gasteiger partial charge in [0.15, 0.2) is 5.69 Å². The second kappa shape index (κ2) is 8.01. The number of fused-ring (bicyclic) bond motifs is 1. The number of carbonyl (C=O) groups is 1. The number of rotatable bonds is 4. The highest BCUT2D eigenvalue weighted by atomic mass is 16.2. The zero-order chi connectivity index (χ0) is 19.7. The van der Waals surface area contributed by atoms with Crippen LogP contribution in [-0.4, -0.2) is 70.8 Å². The number of carbonyl (C=O) groups excluding carboxylic acids is 1. The number of aromatic nitrogens is 2. The van der Waals surface area contributed by atoms with Gasteiger partial charge in [0.1, 0.15) is 0 Å². The SMILES string of the molecule is CC(C)Cn1nc(C(=O)N2CCC(N3CCNCC3)C2)c2ccccc2c1=O. The molecule has 0 spiro atoms. The van der Waals surface area contributed by atoms with E-state index in [1.165, 1.54) is 4.68 Å². The molecule has 0 saturated carbocycles. The van der Waals surface area contributed by atoms with Crippen LogP contribution in [0.1, 0.15) is 30.8 Å². The minimum atomic E-state index is -0.124. The van der Waals surface area contributed by atoms with Crippen molar-refractivity contribution in [3.05, 3.63) is 40.3 Å². The first-order valence-corrected chi connectivity index (χ1v) is 10.3. The number of nitrogens with zero attached hydrogens (tertiary/aromatic N) is 4. The van der Waals surface area contributed by atoms with Gasteiger partial charge < -0.3 is 10.2 Å². The Labute approximate surface area is 165 Å². The molecule has 1 aromatic carbocycles. The molecule has 2 fully saturated rings. The van der Waals surface area contributed by atoms with E-state index in [1.54, 1.807) is 6.07 Å². The molecule has 1 atom stereocenters. The summed E-state index contributed by atoms with van der Waals surface area (Å²) in [6.07, 6.45) is 0.995. The van der Waals surface area contributed by atoms with Crippen LogP contribution in [0.2, 0.25) is 0 Å². The maximum atomic E-state index is 13.4. The van der Waals surface area contributed by atoms with Crippen molar-refractivity contribution < 1.29 is 4.79 Å². The van der Waals surface area contributed by atoms with Crippen molar-refractivity contribution in [2.24, 2.45) is 5.92 Å². The minimum Gasteiger partial charge on any atom is -0.336 e. The average Bonchev–Trinajstić information content (AvgIpc) is 3.20. The Hall–Kier alpha value is -2.25. The monoisotopic (exact) mass is 383 g/mol. The first-order valence-electron chi connectivity index (χ1n) is 10.3. The highest BCUT2D eigenvalue weighted by molar-refractivity contribution is 6.04. The molecule has 0 aliphatic carbocycles. The number of nitrogens with one attached hydrogen (secondary N) is 1. The molecule has 2 aliphatic heterocycles. The summed E-state index contributed by atoms with van der Waals surface area (Å²) >= 11 is 0. The summed E-state index contributed by atoms with van der Waals surface area (Å²) in [6, 6.07) is 7.74. The van der Waals surface area contributed by atoms with Crippen LogP contribution < -0.4 is 10.9 Å². The van der Waals surface area contributed by atoms with Crippen LogP contribution in [0.5, 0.6) is 0 Å². The Morgan fingerprint density at radius 3 is 2.61 bits per heavy atom. The Morgan fingerprint density at radius 1 is 1.18 bits per heavy atom. The highest BCUT2D eigenvalue weighted by Crippen LogP contribution is 2.21. The molecule has 4 rings (SSSR count). The van der Waals surface area contributed by atoms with E-state index in [1.807, 2.05) is 36.9 Å². The quantitative estimate of drug-likeness (QED) is 0.858.